The zero-order chi connectivity index (χ0) is 15.1. The molecule has 0 unspecified atom stereocenters. The first-order valence-electron chi connectivity index (χ1n) is 6.18. The standard InChI is InChI=1S/C13H13N3O3S2/c17-12(18)4-2-8-21-11-6-5-10(15-16-11)14-13(19)9-3-1-7-20-9/h1,3,5-7H,2,4,8H2,(H,17,18)(H,14,15,19). The number of anilines is 1. The fourth-order valence-corrected chi connectivity index (χ4v) is 2.83. The highest BCUT2D eigenvalue weighted by Gasteiger charge is 2.08. The van der Waals surface area contributed by atoms with Crippen LogP contribution in [0.25, 0.3) is 0 Å². The van der Waals surface area contributed by atoms with E-state index >= 15 is 0 Å². The number of thioether (sulfide) groups is 1. The summed E-state index contributed by atoms with van der Waals surface area (Å²) in [5, 5.41) is 21.6. The van der Waals surface area contributed by atoms with E-state index in [2.05, 4.69) is 15.5 Å². The summed E-state index contributed by atoms with van der Waals surface area (Å²) in [6.07, 6.45) is 0.730. The van der Waals surface area contributed by atoms with Crippen molar-refractivity contribution >= 4 is 40.8 Å². The minimum Gasteiger partial charge on any atom is -0.481 e. The lowest BCUT2D eigenvalue weighted by molar-refractivity contribution is -0.137. The highest BCUT2D eigenvalue weighted by Crippen LogP contribution is 2.17. The van der Waals surface area contributed by atoms with Crippen LogP contribution in [-0.4, -0.2) is 32.9 Å². The molecule has 6 nitrogen and oxygen atoms in total. The highest BCUT2D eigenvalue weighted by molar-refractivity contribution is 7.99. The summed E-state index contributed by atoms with van der Waals surface area (Å²) in [7, 11) is 0. The second kappa shape index (κ2) is 7.75. The molecule has 0 aliphatic rings. The van der Waals surface area contributed by atoms with Crippen LogP contribution < -0.4 is 5.32 Å². The number of thiophene rings is 1. The second-order valence-corrected chi connectivity index (χ2v) is 6.10. The second-order valence-electron chi connectivity index (χ2n) is 4.03. The summed E-state index contributed by atoms with van der Waals surface area (Å²) in [6, 6.07) is 6.97. The van der Waals surface area contributed by atoms with Gasteiger partial charge in [-0.15, -0.1) is 33.3 Å². The molecule has 110 valence electrons. The number of nitrogens with one attached hydrogen (secondary N) is 1. The summed E-state index contributed by atoms with van der Waals surface area (Å²) >= 11 is 2.80. The number of carbonyl (C=O) groups excluding carboxylic acids is 1. The van der Waals surface area contributed by atoms with Crippen molar-refractivity contribution in [3.8, 4) is 0 Å². The van der Waals surface area contributed by atoms with Gasteiger partial charge in [-0.2, -0.15) is 0 Å². The van der Waals surface area contributed by atoms with Crippen molar-refractivity contribution in [1.82, 2.24) is 10.2 Å². The number of carboxylic acid groups (broad SMARTS) is 1. The number of carbonyl (C=O) groups is 2. The Morgan fingerprint density at radius 3 is 2.76 bits per heavy atom. The molecule has 0 aliphatic carbocycles. The first-order valence-corrected chi connectivity index (χ1v) is 8.05. The van der Waals surface area contributed by atoms with E-state index in [1.54, 1.807) is 18.2 Å². The Balaban J connectivity index is 1.81. The largest absolute Gasteiger partial charge is 0.481 e. The SMILES string of the molecule is O=C(O)CCCSc1ccc(NC(=O)c2cccs2)nn1. The number of carboxylic acids is 1. The Labute approximate surface area is 129 Å². The smallest absolute Gasteiger partial charge is 0.303 e. The highest BCUT2D eigenvalue weighted by atomic mass is 32.2. The van der Waals surface area contributed by atoms with Crippen molar-refractivity contribution < 1.29 is 14.7 Å². The van der Waals surface area contributed by atoms with Gasteiger partial charge < -0.3 is 10.4 Å². The molecule has 2 aromatic heterocycles. The lowest BCUT2D eigenvalue weighted by Gasteiger charge is -2.03. The molecule has 0 aromatic carbocycles. The van der Waals surface area contributed by atoms with Gasteiger partial charge in [0.25, 0.3) is 5.91 Å². The maximum absolute atomic E-state index is 11.8. The molecule has 2 heterocycles. The van der Waals surface area contributed by atoms with Gasteiger partial charge in [0.15, 0.2) is 5.82 Å². The third-order valence-corrected chi connectivity index (χ3v) is 4.29. The lowest BCUT2D eigenvalue weighted by Crippen LogP contribution is -2.11. The molecule has 1 amide bonds. The van der Waals surface area contributed by atoms with Crippen LogP contribution in [0.5, 0.6) is 0 Å². The number of nitrogens with zero attached hydrogens (tertiary/aromatic N) is 2. The number of rotatable bonds is 7. The predicted octanol–water partition coefficient (Wildman–Crippen LogP) is 2.75. The Bertz CT molecular complexity index is 600. The predicted molar refractivity (Wildman–Crippen MR) is 81.9 cm³/mol. The summed E-state index contributed by atoms with van der Waals surface area (Å²) < 4.78 is 0. The fraction of sp³-hybridized carbons (Fsp3) is 0.231. The molecule has 2 rings (SSSR count). The van der Waals surface area contributed by atoms with Gasteiger partial charge in [0.2, 0.25) is 0 Å². The van der Waals surface area contributed by atoms with Gasteiger partial charge >= 0.3 is 5.97 Å². The first-order chi connectivity index (χ1) is 10.1. The van der Waals surface area contributed by atoms with Gasteiger partial charge in [-0.25, -0.2) is 0 Å². The number of aromatic nitrogens is 2. The van der Waals surface area contributed by atoms with E-state index < -0.39 is 5.97 Å². The van der Waals surface area contributed by atoms with Gasteiger partial charge in [0.1, 0.15) is 5.03 Å². The molecular formula is C13H13N3O3S2. The number of aliphatic carboxylic acids is 1. The lowest BCUT2D eigenvalue weighted by atomic mass is 10.3. The summed E-state index contributed by atoms with van der Waals surface area (Å²) in [4.78, 5) is 22.8. The van der Waals surface area contributed by atoms with Crippen LogP contribution in [-0.2, 0) is 4.79 Å². The molecule has 0 saturated heterocycles. The minimum absolute atomic E-state index is 0.148. The zero-order valence-corrected chi connectivity index (χ0v) is 12.6. The van der Waals surface area contributed by atoms with Crippen LogP contribution in [0.1, 0.15) is 22.5 Å². The molecule has 0 spiro atoms. The molecule has 21 heavy (non-hydrogen) atoms. The van der Waals surface area contributed by atoms with Crippen molar-refractivity contribution in [3.63, 3.8) is 0 Å². The Kier molecular flexibility index (Phi) is 5.70. The maximum atomic E-state index is 11.8. The van der Waals surface area contributed by atoms with Crippen LogP contribution in [0.3, 0.4) is 0 Å². The molecule has 0 atom stereocenters. The monoisotopic (exact) mass is 323 g/mol. The molecule has 0 bridgehead atoms. The van der Waals surface area contributed by atoms with E-state index in [0.717, 1.165) is 0 Å². The van der Waals surface area contributed by atoms with Gasteiger partial charge in [-0.1, -0.05) is 6.07 Å². The molecule has 0 saturated carbocycles. The molecule has 2 aromatic rings. The molecule has 0 fully saturated rings. The van der Waals surface area contributed by atoms with E-state index in [1.807, 2.05) is 11.4 Å². The fourth-order valence-electron chi connectivity index (χ4n) is 1.45. The Hall–Kier alpha value is -1.93. The molecule has 8 heteroatoms. The topological polar surface area (TPSA) is 92.2 Å². The van der Waals surface area contributed by atoms with Crippen LogP contribution >= 0.6 is 23.1 Å². The van der Waals surface area contributed by atoms with Gasteiger partial charge in [0, 0.05) is 12.2 Å². The first kappa shape index (κ1) is 15.5. The van der Waals surface area contributed by atoms with Crippen molar-refractivity contribution in [2.45, 2.75) is 17.9 Å². The van der Waals surface area contributed by atoms with Gasteiger partial charge in [0.05, 0.1) is 4.88 Å². The van der Waals surface area contributed by atoms with E-state index in [0.29, 0.717) is 27.9 Å². The third-order valence-electron chi connectivity index (χ3n) is 2.41. The van der Waals surface area contributed by atoms with E-state index in [4.69, 9.17) is 5.11 Å². The van der Waals surface area contributed by atoms with Crippen molar-refractivity contribution in [3.05, 3.63) is 34.5 Å². The maximum Gasteiger partial charge on any atom is 0.303 e. The normalized spacial score (nSPS) is 10.3. The Morgan fingerprint density at radius 2 is 2.14 bits per heavy atom. The summed E-state index contributed by atoms with van der Waals surface area (Å²) in [5.41, 5.74) is 0. The van der Waals surface area contributed by atoms with Gasteiger partial charge in [-0.05, 0) is 30.0 Å². The Morgan fingerprint density at radius 1 is 1.29 bits per heavy atom. The molecular weight excluding hydrogens is 310 g/mol. The molecule has 0 radical (unpaired) electrons. The summed E-state index contributed by atoms with van der Waals surface area (Å²) in [5.74, 6) is 0.0554. The quantitative estimate of drug-likeness (QED) is 0.601. The van der Waals surface area contributed by atoms with Crippen molar-refractivity contribution in [2.75, 3.05) is 11.1 Å². The van der Waals surface area contributed by atoms with Crippen LogP contribution in [0, 0.1) is 0 Å². The van der Waals surface area contributed by atoms with E-state index in [9.17, 15) is 9.59 Å². The minimum atomic E-state index is -0.798. The van der Waals surface area contributed by atoms with E-state index in [-0.39, 0.29) is 12.3 Å². The van der Waals surface area contributed by atoms with E-state index in [1.165, 1.54) is 23.1 Å². The number of amides is 1. The number of hydrogen-bond acceptors (Lipinski definition) is 6. The van der Waals surface area contributed by atoms with Gasteiger partial charge in [-0.3, -0.25) is 9.59 Å². The molecule has 2 N–H and O–H groups in total. The van der Waals surface area contributed by atoms with Crippen LogP contribution in [0.15, 0.2) is 34.7 Å². The zero-order valence-electron chi connectivity index (χ0n) is 11.0. The number of hydrogen-bond donors (Lipinski definition) is 2. The third kappa shape index (κ3) is 5.16. The molecule has 0 aliphatic heterocycles. The summed E-state index contributed by atoms with van der Waals surface area (Å²) in [6.45, 7) is 0. The van der Waals surface area contributed by atoms with Crippen molar-refractivity contribution in [2.24, 2.45) is 0 Å². The average Bonchev–Trinajstić information content (AvgIpc) is 2.99. The van der Waals surface area contributed by atoms with Crippen LogP contribution in [0.2, 0.25) is 0 Å². The van der Waals surface area contributed by atoms with Crippen molar-refractivity contribution in [1.29, 1.82) is 0 Å². The average molecular weight is 323 g/mol. The van der Waals surface area contributed by atoms with Crippen LogP contribution in [0.4, 0.5) is 5.82 Å².